The second-order valence-corrected chi connectivity index (χ2v) is 3.25. The summed E-state index contributed by atoms with van der Waals surface area (Å²) in [7, 11) is 0. The molecule has 1 aromatic carbocycles. The van der Waals surface area contributed by atoms with Crippen LogP contribution < -0.4 is 16.5 Å². The minimum absolute atomic E-state index is 0.132. The van der Waals surface area contributed by atoms with E-state index < -0.39 is 0 Å². The number of hydrazone groups is 1. The first-order valence-corrected chi connectivity index (χ1v) is 4.52. The largest absolute Gasteiger partial charge is 0.376 e. The van der Waals surface area contributed by atoms with Crippen LogP contribution >= 0.6 is 23.8 Å². The lowest BCUT2D eigenvalue weighted by Gasteiger charge is -2.17. The highest BCUT2D eigenvalue weighted by atomic mass is 35.5. The Morgan fingerprint density at radius 1 is 1.50 bits per heavy atom. The Morgan fingerprint density at radius 2 is 2.14 bits per heavy atom. The number of rotatable bonds is 2. The summed E-state index contributed by atoms with van der Waals surface area (Å²) in [5.74, 6) is 5.02. The topological polar surface area (TPSA) is 67.6 Å². The fraction of sp³-hybridized carbons (Fsp3) is 0. The second-order valence-electron chi connectivity index (χ2n) is 2.42. The number of para-hydroxylation sites is 1. The van der Waals surface area contributed by atoms with Crippen LogP contribution in [0.2, 0.25) is 5.02 Å². The monoisotopic (exact) mass is 228 g/mol. The summed E-state index contributed by atoms with van der Waals surface area (Å²) in [6, 6.07) is 7.12. The van der Waals surface area contributed by atoms with Crippen molar-refractivity contribution in [2.45, 2.75) is 0 Å². The molecule has 0 fully saturated rings. The van der Waals surface area contributed by atoms with Gasteiger partial charge in [0.15, 0.2) is 5.11 Å². The molecule has 0 bridgehead atoms. The zero-order valence-electron chi connectivity index (χ0n) is 7.22. The van der Waals surface area contributed by atoms with Crippen molar-refractivity contribution in [1.29, 1.82) is 0 Å². The molecule has 0 aliphatic rings. The summed E-state index contributed by atoms with van der Waals surface area (Å²) in [4.78, 5) is 1.43. The average Bonchev–Trinajstić information content (AvgIpc) is 2.15. The van der Waals surface area contributed by atoms with Crippen LogP contribution in [0.15, 0.2) is 29.4 Å². The summed E-state index contributed by atoms with van der Waals surface area (Å²) in [6.45, 7) is 0. The molecule has 0 heterocycles. The predicted molar refractivity (Wildman–Crippen MR) is 63.4 cm³/mol. The van der Waals surface area contributed by atoms with E-state index in [0.29, 0.717) is 10.7 Å². The molecule has 1 rings (SSSR count). The zero-order valence-corrected chi connectivity index (χ0v) is 8.79. The minimum Gasteiger partial charge on any atom is -0.376 e. The van der Waals surface area contributed by atoms with E-state index in [1.54, 1.807) is 12.1 Å². The second kappa shape index (κ2) is 4.78. The first kappa shape index (κ1) is 10.7. The van der Waals surface area contributed by atoms with Crippen LogP contribution in [0.1, 0.15) is 0 Å². The van der Waals surface area contributed by atoms with Crippen molar-refractivity contribution in [3.63, 3.8) is 0 Å². The molecule has 0 saturated heterocycles. The van der Waals surface area contributed by atoms with Crippen molar-refractivity contribution in [1.82, 2.24) is 0 Å². The van der Waals surface area contributed by atoms with Gasteiger partial charge in [0.05, 0.1) is 10.7 Å². The molecule has 0 aromatic heterocycles. The van der Waals surface area contributed by atoms with Gasteiger partial charge < -0.3 is 11.6 Å². The highest BCUT2D eigenvalue weighted by Crippen LogP contribution is 2.23. The number of benzene rings is 1. The predicted octanol–water partition coefficient (Wildman–Crippen LogP) is 1.29. The van der Waals surface area contributed by atoms with E-state index in [1.165, 1.54) is 11.2 Å². The third-order valence-electron chi connectivity index (χ3n) is 1.53. The number of hydrogen-bond acceptors (Lipinski definition) is 3. The molecule has 0 spiro atoms. The Morgan fingerprint density at radius 3 is 2.64 bits per heavy atom. The lowest BCUT2D eigenvalue weighted by Crippen LogP contribution is -2.34. The number of halogens is 1. The van der Waals surface area contributed by atoms with Crippen LogP contribution in [0.25, 0.3) is 0 Å². The summed E-state index contributed by atoms with van der Waals surface area (Å²) in [5.41, 5.74) is 6.12. The van der Waals surface area contributed by atoms with Gasteiger partial charge in [-0.1, -0.05) is 23.7 Å². The smallest absolute Gasteiger partial charge is 0.176 e. The molecule has 4 nitrogen and oxygen atoms in total. The van der Waals surface area contributed by atoms with Crippen LogP contribution in [0.5, 0.6) is 0 Å². The summed E-state index contributed by atoms with van der Waals surface area (Å²) in [6.07, 6.45) is 1.31. The number of thiocarbonyl (C=S) groups is 1. The molecule has 74 valence electrons. The Kier molecular flexibility index (Phi) is 3.67. The van der Waals surface area contributed by atoms with Crippen LogP contribution in [-0.2, 0) is 0 Å². The van der Waals surface area contributed by atoms with E-state index in [4.69, 9.17) is 35.4 Å². The van der Waals surface area contributed by atoms with Crippen LogP contribution in [-0.4, -0.2) is 11.5 Å². The normalized spacial score (nSPS) is 10.4. The standard InChI is InChI=1S/C8H9ClN4S/c9-6-3-1-2-4-7(6)13(5-12-11)8(10)14/h1-5H,11H2,(H2,10,14). The average molecular weight is 229 g/mol. The van der Waals surface area contributed by atoms with Crippen molar-refractivity contribution in [2.24, 2.45) is 16.7 Å². The van der Waals surface area contributed by atoms with Crippen molar-refractivity contribution >= 4 is 41.0 Å². The van der Waals surface area contributed by atoms with Crippen LogP contribution in [0, 0.1) is 0 Å². The molecule has 6 heteroatoms. The molecule has 0 atom stereocenters. The van der Waals surface area contributed by atoms with Crippen LogP contribution in [0.3, 0.4) is 0 Å². The van der Waals surface area contributed by atoms with E-state index in [9.17, 15) is 0 Å². The van der Waals surface area contributed by atoms with E-state index in [1.807, 2.05) is 12.1 Å². The molecule has 4 N–H and O–H groups in total. The maximum Gasteiger partial charge on any atom is 0.176 e. The molecule has 0 aliphatic carbocycles. The molecule has 1 aromatic rings. The van der Waals surface area contributed by atoms with Crippen molar-refractivity contribution < 1.29 is 0 Å². The first-order chi connectivity index (χ1) is 6.66. The quantitative estimate of drug-likeness (QED) is 0.263. The Hall–Kier alpha value is -1.33. The van der Waals surface area contributed by atoms with E-state index in [-0.39, 0.29) is 5.11 Å². The molecule has 0 radical (unpaired) electrons. The molecule has 0 amide bonds. The van der Waals surface area contributed by atoms with Gasteiger partial charge in [-0.3, -0.25) is 4.90 Å². The van der Waals surface area contributed by atoms with E-state index in [0.717, 1.165) is 0 Å². The molecule has 0 unspecified atom stereocenters. The van der Waals surface area contributed by atoms with Gasteiger partial charge in [-0.05, 0) is 24.4 Å². The number of anilines is 1. The van der Waals surface area contributed by atoms with Crippen molar-refractivity contribution in [3.05, 3.63) is 29.3 Å². The maximum absolute atomic E-state index is 5.94. The molecule has 0 aliphatic heterocycles. The number of nitrogens with two attached hydrogens (primary N) is 2. The minimum atomic E-state index is 0.132. The lowest BCUT2D eigenvalue weighted by atomic mass is 10.3. The third-order valence-corrected chi connectivity index (χ3v) is 2.05. The molecule has 0 saturated carbocycles. The van der Waals surface area contributed by atoms with Crippen molar-refractivity contribution in [3.8, 4) is 0 Å². The van der Waals surface area contributed by atoms with E-state index >= 15 is 0 Å². The Labute approximate surface area is 92.1 Å². The van der Waals surface area contributed by atoms with Gasteiger partial charge in [-0.25, -0.2) is 0 Å². The molecule has 14 heavy (non-hydrogen) atoms. The Bertz CT molecular complexity index is 366. The van der Waals surface area contributed by atoms with Crippen molar-refractivity contribution in [2.75, 3.05) is 4.90 Å². The van der Waals surface area contributed by atoms with Gasteiger partial charge in [0.25, 0.3) is 0 Å². The lowest BCUT2D eigenvalue weighted by molar-refractivity contribution is 1.24. The van der Waals surface area contributed by atoms with E-state index in [2.05, 4.69) is 5.10 Å². The summed E-state index contributed by atoms with van der Waals surface area (Å²) in [5, 5.41) is 4.01. The first-order valence-electron chi connectivity index (χ1n) is 3.73. The molecular formula is C8H9ClN4S. The molecular weight excluding hydrogens is 220 g/mol. The van der Waals surface area contributed by atoms with Gasteiger partial charge in [-0.2, -0.15) is 5.10 Å². The van der Waals surface area contributed by atoms with Crippen LogP contribution in [0.4, 0.5) is 5.69 Å². The third kappa shape index (κ3) is 2.34. The van der Waals surface area contributed by atoms with Gasteiger partial charge in [0, 0.05) is 0 Å². The summed E-state index contributed by atoms with van der Waals surface area (Å²) >= 11 is 10.8. The van der Waals surface area contributed by atoms with Gasteiger partial charge in [0.1, 0.15) is 6.34 Å². The summed E-state index contributed by atoms with van der Waals surface area (Å²) < 4.78 is 0. The highest BCUT2D eigenvalue weighted by molar-refractivity contribution is 7.80. The highest BCUT2D eigenvalue weighted by Gasteiger charge is 2.09. The van der Waals surface area contributed by atoms with Gasteiger partial charge in [-0.15, -0.1) is 0 Å². The zero-order chi connectivity index (χ0) is 10.6. The fourth-order valence-corrected chi connectivity index (χ4v) is 1.32. The fourth-order valence-electron chi connectivity index (χ4n) is 0.952. The Balaban J connectivity index is 3.11. The van der Waals surface area contributed by atoms with Gasteiger partial charge in [0.2, 0.25) is 0 Å². The number of hydrogen-bond donors (Lipinski definition) is 2. The SMILES string of the molecule is NN=CN(C(N)=S)c1ccccc1Cl. The maximum atomic E-state index is 5.94. The number of nitrogens with zero attached hydrogens (tertiary/aromatic N) is 2. The van der Waals surface area contributed by atoms with Gasteiger partial charge >= 0.3 is 0 Å².